The zero-order valence-electron chi connectivity index (χ0n) is 23.5. The first-order chi connectivity index (χ1) is 20.3. The standard InChI is InChI=1S/C31H33Cl2N5O4/c1-20(2)18-35-30(40)31(17-22-6-3-4-7-23(22)19-36-38-34)28(26-13-10-24(32)16-27(26)33)42-29(37-31)21-8-11-25(12-9-21)41-15-5-14-39/h3-4,6-13,16,20,28,39H,5,14-15,17-19H2,1-2H3,(H,35,40)/t28-,31-/m1/s1. The van der Waals surface area contributed by atoms with Gasteiger partial charge in [-0.1, -0.05) is 72.5 Å². The number of rotatable bonds is 13. The first-order valence-corrected chi connectivity index (χ1v) is 14.4. The van der Waals surface area contributed by atoms with Crippen LogP contribution in [0.15, 0.2) is 76.8 Å². The maximum Gasteiger partial charge on any atom is 0.252 e. The van der Waals surface area contributed by atoms with E-state index in [-0.39, 0.29) is 37.3 Å². The van der Waals surface area contributed by atoms with E-state index in [2.05, 4.69) is 15.3 Å². The lowest BCUT2D eigenvalue weighted by Gasteiger charge is -2.32. The Bertz CT molecular complexity index is 1470. The summed E-state index contributed by atoms with van der Waals surface area (Å²) in [5.41, 5.74) is 10.3. The van der Waals surface area contributed by atoms with Crippen LogP contribution in [-0.4, -0.2) is 42.2 Å². The molecule has 1 aliphatic rings. The van der Waals surface area contributed by atoms with Crippen molar-refractivity contribution in [3.63, 3.8) is 0 Å². The molecule has 2 N–H and O–H groups in total. The summed E-state index contributed by atoms with van der Waals surface area (Å²) < 4.78 is 12.2. The highest BCUT2D eigenvalue weighted by atomic mass is 35.5. The quantitative estimate of drug-likeness (QED) is 0.0951. The van der Waals surface area contributed by atoms with Crippen molar-refractivity contribution < 1.29 is 19.4 Å². The van der Waals surface area contributed by atoms with Crippen molar-refractivity contribution in [3.8, 4) is 5.75 Å². The number of carbonyl (C=O) groups excluding carboxylic acids is 1. The second kappa shape index (κ2) is 14.4. The number of halogens is 2. The minimum absolute atomic E-state index is 0.0460. The van der Waals surface area contributed by atoms with E-state index in [9.17, 15) is 4.79 Å². The first-order valence-electron chi connectivity index (χ1n) is 13.7. The number of hydrogen-bond donors (Lipinski definition) is 2. The van der Waals surface area contributed by atoms with Crippen molar-refractivity contribution in [2.24, 2.45) is 16.0 Å². The molecule has 9 nitrogen and oxygen atoms in total. The second-order valence-electron chi connectivity index (χ2n) is 10.4. The molecule has 0 bridgehead atoms. The van der Waals surface area contributed by atoms with Crippen LogP contribution in [0.2, 0.25) is 10.0 Å². The fourth-order valence-electron chi connectivity index (χ4n) is 4.71. The van der Waals surface area contributed by atoms with Crippen LogP contribution in [0.1, 0.15) is 48.6 Å². The van der Waals surface area contributed by atoms with E-state index in [1.807, 2.05) is 50.2 Å². The van der Waals surface area contributed by atoms with Gasteiger partial charge in [0.15, 0.2) is 11.6 Å². The molecule has 0 saturated carbocycles. The number of aliphatic hydroxyl groups excluding tert-OH is 1. The molecule has 3 aromatic rings. The SMILES string of the molecule is CC(C)CNC(=O)[C@]1(Cc2ccccc2CN=[N+]=[N-])N=C(c2ccc(OCCCO)cc2)O[C@@H]1c1ccc(Cl)cc1Cl. The molecule has 3 aromatic carbocycles. The minimum Gasteiger partial charge on any atom is -0.494 e. The minimum atomic E-state index is -1.45. The van der Waals surface area contributed by atoms with Crippen LogP contribution in [0.25, 0.3) is 10.4 Å². The summed E-state index contributed by atoms with van der Waals surface area (Å²) in [5.74, 6) is 0.797. The van der Waals surface area contributed by atoms with E-state index in [0.717, 1.165) is 11.1 Å². The van der Waals surface area contributed by atoms with E-state index in [1.165, 1.54) is 0 Å². The van der Waals surface area contributed by atoms with Gasteiger partial charge in [0, 0.05) is 52.1 Å². The number of azide groups is 1. The van der Waals surface area contributed by atoms with Gasteiger partial charge in [-0.15, -0.1) is 0 Å². The van der Waals surface area contributed by atoms with Gasteiger partial charge in [0.25, 0.3) is 5.91 Å². The van der Waals surface area contributed by atoms with Gasteiger partial charge in [0.05, 0.1) is 13.2 Å². The molecule has 1 heterocycles. The lowest BCUT2D eigenvalue weighted by Crippen LogP contribution is -2.50. The zero-order chi connectivity index (χ0) is 30.1. The van der Waals surface area contributed by atoms with E-state index >= 15 is 0 Å². The Labute approximate surface area is 255 Å². The van der Waals surface area contributed by atoms with Crippen LogP contribution in [0.4, 0.5) is 0 Å². The number of aliphatic hydroxyl groups is 1. The molecule has 220 valence electrons. The Morgan fingerprint density at radius 2 is 1.90 bits per heavy atom. The highest BCUT2D eigenvalue weighted by molar-refractivity contribution is 6.35. The Hall–Kier alpha value is -3.75. The molecular weight excluding hydrogens is 577 g/mol. The molecule has 0 aromatic heterocycles. The number of hydrogen-bond acceptors (Lipinski definition) is 6. The molecule has 0 radical (unpaired) electrons. The average molecular weight is 611 g/mol. The number of benzene rings is 3. The van der Waals surface area contributed by atoms with Crippen molar-refractivity contribution in [3.05, 3.63) is 109 Å². The van der Waals surface area contributed by atoms with Gasteiger partial charge >= 0.3 is 0 Å². The lowest BCUT2D eigenvalue weighted by atomic mass is 9.80. The molecule has 0 fully saturated rings. The Balaban J connectivity index is 1.84. The Morgan fingerprint density at radius 3 is 2.57 bits per heavy atom. The molecule has 1 amide bonds. The summed E-state index contributed by atoms with van der Waals surface area (Å²) in [4.78, 5) is 22.2. The van der Waals surface area contributed by atoms with E-state index in [4.69, 9.17) is 48.3 Å². The van der Waals surface area contributed by atoms with E-state index in [1.54, 1.807) is 30.3 Å². The van der Waals surface area contributed by atoms with Gasteiger partial charge in [-0.2, -0.15) is 0 Å². The average Bonchev–Trinajstić information content (AvgIpc) is 3.36. The molecule has 1 aliphatic heterocycles. The van der Waals surface area contributed by atoms with Crippen LogP contribution >= 0.6 is 23.2 Å². The van der Waals surface area contributed by atoms with Crippen molar-refractivity contribution in [2.45, 2.75) is 44.9 Å². The van der Waals surface area contributed by atoms with Gasteiger partial charge in [-0.25, -0.2) is 4.99 Å². The third-order valence-corrected chi connectivity index (χ3v) is 7.39. The Kier molecular flexibility index (Phi) is 10.7. The lowest BCUT2D eigenvalue weighted by molar-refractivity contribution is -0.129. The number of carbonyl (C=O) groups is 1. The summed E-state index contributed by atoms with van der Waals surface area (Å²) in [5, 5.41) is 16.7. The number of aliphatic imine (C=N–C) groups is 1. The maximum atomic E-state index is 14.3. The molecular formula is C31H33Cl2N5O4. The molecule has 11 heteroatoms. The molecule has 2 atom stereocenters. The molecule has 0 unspecified atom stereocenters. The number of nitrogens with zero attached hydrogens (tertiary/aromatic N) is 4. The maximum absolute atomic E-state index is 14.3. The third kappa shape index (κ3) is 7.36. The summed E-state index contributed by atoms with van der Waals surface area (Å²) in [7, 11) is 0. The van der Waals surface area contributed by atoms with Crippen molar-refractivity contribution in [2.75, 3.05) is 19.8 Å². The van der Waals surface area contributed by atoms with Gasteiger partial charge in [-0.3, -0.25) is 4.79 Å². The predicted octanol–water partition coefficient (Wildman–Crippen LogP) is 6.84. The molecule has 42 heavy (non-hydrogen) atoms. The molecule has 0 aliphatic carbocycles. The molecule has 0 spiro atoms. The fourth-order valence-corrected chi connectivity index (χ4v) is 5.21. The fraction of sp³-hybridized carbons (Fsp3) is 0.355. The smallest absolute Gasteiger partial charge is 0.252 e. The first kappa shape index (κ1) is 31.2. The van der Waals surface area contributed by atoms with Crippen molar-refractivity contribution >= 4 is 35.0 Å². The summed E-state index contributed by atoms with van der Waals surface area (Å²) >= 11 is 12.9. The number of nitrogens with one attached hydrogen (secondary N) is 1. The van der Waals surface area contributed by atoms with E-state index in [0.29, 0.717) is 46.5 Å². The van der Waals surface area contributed by atoms with E-state index < -0.39 is 11.6 Å². The van der Waals surface area contributed by atoms with Gasteiger partial charge < -0.3 is 19.9 Å². The summed E-state index contributed by atoms with van der Waals surface area (Å²) in [6, 6.07) is 19.8. The third-order valence-electron chi connectivity index (χ3n) is 6.83. The van der Waals surface area contributed by atoms with Crippen LogP contribution in [0.5, 0.6) is 5.75 Å². The van der Waals surface area contributed by atoms with Crippen LogP contribution < -0.4 is 10.1 Å². The van der Waals surface area contributed by atoms with Crippen molar-refractivity contribution in [1.82, 2.24) is 5.32 Å². The summed E-state index contributed by atoms with van der Waals surface area (Å²) in [6.45, 7) is 5.02. The number of amides is 1. The van der Waals surface area contributed by atoms with Gasteiger partial charge in [0.1, 0.15) is 5.75 Å². The highest BCUT2D eigenvalue weighted by Crippen LogP contribution is 2.45. The van der Waals surface area contributed by atoms with Crippen molar-refractivity contribution in [1.29, 1.82) is 0 Å². The van der Waals surface area contributed by atoms with Gasteiger partial charge in [0.2, 0.25) is 5.90 Å². The van der Waals surface area contributed by atoms with Crippen LogP contribution in [-0.2, 0) is 22.5 Å². The van der Waals surface area contributed by atoms with Crippen LogP contribution in [0.3, 0.4) is 0 Å². The highest BCUT2D eigenvalue weighted by Gasteiger charge is 2.54. The second-order valence-corrected chi connectivity index (χ2v) is 11.2. The largest absolute Gasteiger partial charge is 0.494 e. The topological polar surface area (TPSA) is 129 Å². The molecule has 4 rings (SSSR count). The van der Waals surface area contributed by atoms with Crippen LogP contribution in [0, 0.1) is 5.92 Å². The zero-order valence-corrected chi connectivity index (χ0v) is 25.0. The van der Waals surface area contributed by atoms with Gasteiger partial charge in [-0.05, 0) is 59.0 Å². The molecule has 0 saturated heterocycles. The number of ether oxygens (including phenoxy) is 2. The Morgan fingerprint density at radius 1 is 1.17 bits per heavy atom. The normalized spacial score (nSPS) is 17.8. The summed E-state index contributed by atoms with van der Waals surface area (Å²) in [6.07, 6.45) is -0.211. The predicted molar refractivity (Wildman–Crippen MR) is 164 cm³/mol. The monoisotopic (exact) mass is 609 g/mol.